The zero-order valence-corrected chi connectivity index (χ0v) is 13.3. The van der Waals surface area contributed by atoms with Crippen molar-refractivity contribution < 1.29 is 9.13 Å². The largest absolute Gasteiger partial charge is 0.496 e. The van der Waals surface area contributed by atoms with Gasteiger partial charge in [-0.2, -0.15) is 0 Å². The molecule has 0 aliphatic rings. The van der Waals surface area contributed by atoms with Gasteiger partial charge in [-0.05, 0) is 48.1 Å². The molecular formula is C17H17Cl2FO. The fourth-order valence-corrected chi connectivity index (χ4v) is 2.70. The molecule has 2 aromatic rings. The number of rotatable bonds is 6. The van der Waals surface area contributed by atoms with Gasteiger partial charge in [0, 0.05) is 5.88 Å². The SMILES string of the molecule is COc1ccccc1CC(CCl)Cc1ccc(Cl)c(F)c1. The quantitative estimate of drug-likeness (QED) is 0.669. The van der Waals surface area contributed by atoms with Crippen LogP contribution in [0.4, 0.5) is 4.39 Å². The Labute approximate surface area is 134 Å². The molecule has 0 saturated heterocycles. The van der Waals surface area contributed by atoms with E-state index >= 15 is 0 Å². The third-order valence-corrected chi connectivity index (χ3v) is 4.17. The van der Waals surface area contributed by atoms with E-state index in [0.717, 1.165) is 23.3 Å². The molecule has 0 amide bonds. The fourth-order valence-electron chi connectivity index (χ4n) is 2.36. The summed E-state index contributed by atoms with van der Waals surface area (Å²) in [6.07, 6.45) is 1.49. The molecule has 0 heterocycles. The highest BCUT2D eigenvalue weighted by Gasteiger charge is 2.13. The summed E-state index contributed by atoms with van der Waals surface area (Å²) in [7, 11) is 1.66. The van der Waals surface area contributed by atoms with Crippen LogP contribution in [0.5, 0.6) is 5.75 Å². The Morgan fingerprint density at radius 2 is 1.90 bits per heavy atom. The first-order valence-corrected chi connectivity index (χ1v) is 7.67. The molecule has 1 atom stereocenters. The highest BCUT2D eigenvalue weighted by molar-refractivity contribution is 6.30. The Bertz CT molecular complexity index is 601. The van der Waals surface area contributed by atoms with Crippen LogP contribution in [0.1, 0.15) is 11.1 Å². The van der Waals surface area contributed by atoms with Crippen molar-refractivity contribution in [1.82, 2.24) is 0 Å². The topological polar surface area (TPSA) is 9.23 Å². The van der Waals surface area contributed by atoms with Gasteiger partial charge in [-0.15, -0.1) is 11.6 Å². The Kier molecular flexibility index (Phi) is 5.89. The predicted octanol–water partition coefficient (Wildman–Crippen LogP) is 5.13. The molecule has 4 heteroatoms. The van der Waals surface area contributed by atoms with Gasteiger partial charge in [0.15, 0.2) is 0 Å². The fraction of sp³-hybridized carbons (Fsp3) is 0.294. The lowest BCUT2D eigenvalue weighted by atomic mass is 9.93. The monoisotopic (exact) mass is 326 g/mol. The second-order valence-corrected chi connectivity index (χ2v) is 5.70. The Morgan fingerprint density at radius 1 is 1.14 bits per heavy atom. The molecule has 0 radical (unpaired) electrons. The van der Waals surface area contributed by atoms with Gasteiger partial charge in [0.25, 0.3) is 0 Å². The maximum absolute atomic E-state index is 13.5. The Morgan fingerprint density at radius 3 is 2.57 bits per heavy atom. The van der Waals surface area contributed by atoms with E-state index < -0.39 is 0 Å². The molecule has 0 N–H and O–H groups in total. The number of halogens is 3. The van der Waals surface area contributed by atoms with Crippen LogP contribution in [0.15, 0.2) is 42.5 Å². The number of ether oxygens (including phenoxy) is 1. The molecule has 0 bridgehead atoms. The Hall–Kier alpha value is -1.25. The first kappa shape index (κ1) is 16.1. The zero-order chi connectivity index (χ0) is 15.2. The molecule has 112 valence electrons. The lowest BCUT2D eigenvalue weighted by Crippen LogP contribution is -2.11. The number of alkyl halides is 1. The van der Waals surface area contributed by atoms with Crippen LogP contribution in [0.3, 0.4) is 0 Å². The van der Waals surface area contributed by atoms with E-state index in [9.17, 15) is 4.39 Å². The van der Waals surface area contributed by atoms with Gasteiger partial charge in [0.1, 0.15) is 11.6 Å². The summed E-state index contributed by atoms with van der Waals surface area (Å²) in [6, 6.07) is 12.8. The number of hydrogen-bond acceptors (Lipinski definition) is 1. The third-order valence-electron chi connectivity index (χ3n) is 3.43. The highest BCUT2D eigenvalue weighted by Crippen LogP contribution is 2.24. The highest BCUT2D eigenvalue weighted by atomic mass is 35.5. The third kappa shape index (κ3) is 4.36. The van der Waals surface area contributed by atoms with Crippen molar-refractivity contribution in [2.24, 2.45) is 5.92 Å². The lowest BCUT2D eigenvalue weighted by Gasteiger charge is -2.16. The van der Waals surface area contributed by atoms with Crippen LogP contribution in [0.2, 0.25) is 5.02 Å². The molecule has 0 aliphatic carbocycles. The van der Waals surface area contributed by atoms with Crippen molar-refractivity contribution in [3.8, 4) is 5.75 Å². The van der Waals surface area contributed by atoms with E-state index in [0.29, 0.717) is 12.3 Å². The summed E-state index contributed by atoms with van der Waals surface area (Å²) in [4.78, 5) is 0. The predicted molar refractivity (Wildman–Crippen MR) is 86.0 cm³/mol. The number of hydrogen-bond donors (Lipinski definition) is 0. The molecule has 0 fully saturated rings. The van der Waals surface area contributed by atoms with E-state index in [4.69, 9.17) is 27.9 Å². The van der Waals surface area contributed by atoms with E-state index in [1.807, 2.05) is 30.3 Å². The average molecular weight is 327 g/mol. The van der Waals surface area contributed by atoms with Crippen LogP contribution in [0.25, 0.3) is 0 Å². The molecule has 1 unspecified atom stereocenters. The minimum absolute atomic E-state index is 0.144. The van der Waals surface area contributed by atoms with Crippen LogP contribution in [-0.2, 0) is 12.8 Å². The lowest BCUT2D eigenvalue weighted by molar-refractivity contribution is 0.405. The van der Waals surface area contributed by atoms with Crippen molar-refractivity contribution in [3.05, 3.63) is 64.4 Å². The van der Waals surface area contributed by atoms with Crippen LogP contribution < -0.4 is 4.74 Å². The summed E-state index contributed by atoms with van der Waals surface area (Å²) in [6.45, 7) is 0. The van der Waals surface area contributed by atoms with Crippen molar-refractivity contribution in [2.75, 3.05) is 13.0 Å². The summed E-state index contributed by atoms with van der Waals surface area (Å²) in [5.41, 5.74) is 2.01. The molecule has 2 aromatic carbocycles. The van der Waals surface area contributed by atoms with E-state index in [2.05, 4.69) is 0 Å². The summed E-state index contributed by atoms with van der Waals surface area (Å²) >= 11 is 11.8. The Balaban J connectivity index is 2.11. The molecular weight excluding hydrogens is 310 g/mol. The number of benzene rings is 2. The minimum atomic E-state index is -0.389. The van der Waals surface area contributed by atoms with Gasteiger partial charge in [-0.3, -0.25) is 0 Å². The zero-order valence-electron chi connectivity index (χ0n) is 11.8. The standard InChI is InChI=1S/C17H17Cl2FO/c1-21-17-5-3-2-4-14(17)9-13(11-18)8-12-6-7-15(19)16(20)10-12/h2-7,10,13H,8-9,11H2,1H3. The maximum atomic E-state index is 13.5. The van der Waals surface area contributed by atoms with Crippen molar-refractivity contribution in [2.45, 2.75) is 12.8 Å². The van der Waals surface area contributed by atoms with Crippen molar-refractivity contribution >= 4 is 23.2 Å². The summed E-state index contributed by atoms with van der Waals surface area (Å²) in [5.74, 6) is 1.18. The van der Waals surface area contributed by atoms with Crippen LogP contribution >= 0.6 is 23.2 Å². The second-order valence-electron chi connectivity index (χ2n) is 4.99. The van der Waals surface area contributed by atoms with Crippen molar-refractivity contribution in [1.29, 1.82) is 0 Å². The first-order chi connectivity index (χ1) is 10.1. The number of methoxy groups -OCH3 is 1. The number of para-hydroxylation sites is 1. The molecule has 0 aliphatic heterocycles. The minimum Gasteiger partial charge on any atom is -0.496 e. The van der Waals surface area contributed by atoms with Crippen molar-refractivity contribution in [3.63, 3.8) is 0 Å². The smallest absolute Gasteiger partial charge is 0.142 e. The molecule has 21 heavy (non-hydrogen) atoms. The summed E-state index contributed by atoms with van der Waals surface area (Å²) in [5, 5.41) is 0.144. The average Bonchev–Trinajstić information content (AvgIpc) is 2.50. The molecule has 1 nitrogen and oxygen atoms in total. The van der Waals surface area contributed by atoms with Gasteiger partial charge < -0.3 is 4.74 Å². The second kappa shape index (κ2) is 7.67. The maximum Gasteiger partial charge on any atom is 0.142 e. The first-order valence-electron chi connectivity index (χ1n) is 6.75. The van der Waals surface area contributed by atoms with Gasteiger partial charge in [0.05, 0.1) is 12.1 Å². The normalized spacial score (nSPS) is 12.2. The van der Waals surface area contributed by atoms with Crippen LogP contribution in [0, 0.1) is 11.7 Å². The summed E-state index contributed by atoms with van der Waals surface area (Å²) < 4.78 is 18.8. The molecule has 0 aromatic heterocycles. The van der Waals surface area contributed by atoms with Gasteiger partial charge in [0.2, 0.25) is 0 Å². The molecule has 0 spiro atoms. The van der Waals surface area contributed by atoms with E-state index in [1.165, 1.54) is 6.07 Å². The molecule has 2 rings (SSSR count). The van der Waals surface area contributed by atoms with Gasteiger partial charge >= 0.3 is 0 Å². The molecule has 0 saturated carbocycles. The van der Waals surface area contributed by atoms with Gasteiger partial charge in [-0.1, -0.05) is 35.9 Å². The van der Waals surface area contributed by atoms with Gasteiger partial charge in [-0.25, -0.2) is 4.39 Å². The van der Waals surface area contributed by atoms with Crippen LogP contribution in [-0.4, -0.2) is 13.0 Å². The van der Waals surface area contributed by atoms with E-state index in [-0.39, 0.29) is 16.8 Å². The van der Waals surface area contributed by atoms with E-state index in [1.54, 1.807) is 13.2 Å².